The highest BCUT2D eigenvalue weighted by molar-refractivity contribution is 5.87. The van der Waals surface area contributed by atoms with Gasteiger partial charge < -0.3 is 10.2 Å². The zero-order valence-corrected chi connectivity index (χ0v) is 10.5. The van der Waals surface area contributed by atoms with E-state index in [1.165, 1.54) is 12.8 Å². The van der Waals surface area contributed by atoms with E-state index in [-0.39, 0.29) is 6.10 Å². The number of hydrogen-bond donors (Lipinski definition) is 2. The molecule has 0 aliphatic heterocycles. The molecule has 1 unspecified atom stereocenters. The van der Waals surface area contributed by atoms with Crippen LogP contribution in [0.3, 0.4) is 0 Å². The Morgan fingerprint density at radius 3 is 2.44 bits per heavy atom. The fourth-order valence-electron chi connectivity index (χ4n) is 2.11. The Bertz CT molecular complexity index is 410. The third kappa shape index (κ3) is 3.55. The molecule has 2 N–H and O–H groups in total. The van der Waals surface area contributed by atoms with Gasteiger partial charge in [-0.25, -0.2) is 4.79 Å². The van der Waals surface area contributed by atoms with Gasteiger partial charge in [-0.3, -0.25) is 4.90 Å². The minimum atomic E-state index is -0.899. The van der Waals surface area contributed by atoms with Crippen molar-refractivity contribution in [1.82, 2.24) is 4.90 Å². The van der Waals surface area contributed by atoms with Crippen LogP contribution in [0.1, 0.15) is 35.7 Å². The highest BCUT2D eigenvalue weighted by Crippen LogP contribution is 2.28. The van der Waals surface area contributed by atoms with Crippen LogP contribution < -0.4 is 0 Å². The molecule has 1 aromatic carbocycles. The van der Waals surface area contributed by atoms with Crippen LogP contribution in [0.5, 0.6) is 0 Å². The molecule has 1 fully saturated rings. The van der Waals surface area contributed by atoms with E-state index < -0.39 is 5.97 Å². The molecule has 18 heavy (non-hydrogen) atoms. The van der Waals surface area contributed by atoms with Gasteiger partial charge in [0.1, 0.15) is 0 Å². The predicted molar refractivity (Wildman–Crippen MR) is 68.5 cm³/mol. The molecule has 0 aromatic heterocycles. The van der Waals surface area contributed by atoms with Crippen molar-refractivity contribution in [3.05, 3.63) is 35.4 Å². The number of benzene rings is 1. The van der Waals surface area contributed by atoms with Gasteiger partial charge in [-0.1, -0.05) is 12.1 Å². The summed E-state index contributed by atoms with van der Waals surface area (Å²) >= 11 is 0. The topological polar surface area (TPSA) is 60.8 Å². The maximum atomic E-state index is 10.8. The summed E-state index contributed by atoms with van der Waals surface area (Å²) in [5, 5.41) is 18.3. The summed E-state index contributed by atoms with van der Waals surface area (Å²) in [5.74, 6) is -0.899. The predicted octanol–water partition coefficient (Wildman–Crippen LogP) is 1.73. The summed E-state index contributed by atoms with van der Waals surface area (Å²) in [6, 6.07) is 7.54. The highest BCUT2D eigenvalue weighted by atomic mass is 16.4. The Labute approximate surface area is 107 Å². The van der Waals surface area contributed by atoms with Gasteiger partial charge in [0.05, 0.1) is 11.7 Å². The van der Waals surface area contributed by atoms with E-state index in [0.717, 1.165) is 12.1 Å². The van der Waals surface area contributed by atoms with Crippen molar-refractivity contribution in [3.8, 4) is 0 Å². The molecule has 0 saturated heterocycles. The van der Waals surface area contributed by atoms with Crippen LogP contribution in [-0.2, 0) is 6.54 Å². The van der Waals surface area contributed by atoms with E-state index in [0.29, 0.717) is 18.2 Å². The van der Waals surface area contributed by atoms with Crippen LogP contribution in [0.4, 0.5) is 0 Å². The maximum absolute atomic E-state index is 10.8. The number of carboxylic acid groups (broad SMARTS) is 1. The lowest BCUT2D eigenvalue weighted by Gasteiger charge is -2.23. The molecule has 2 rings (SSSR count). The van der Waals surface area contributed by atoms with Crippen LogP contribution in [0, 0.1) is 0 Å². The molecular formula is C14H19NO3. The number of aliphatic hydroxyl groups excluding tert-OH is 1. The number of rotatable bonds is 6. The average Bonchev–Trinajstić information content (AvgIpc) is 3.12. The molecule has 1 aliphatic carbocycles. The van der Waals surface area contributed by atoms with Gasteiger partial charge in [-0.2, -0.15) is 0 Å². The lowest BCUT2D eigenvalue weighted by molar-refractivity contribution is 0.0697. The minimum absolute atomic E-state index is 0.312. The van der Waals surface area contributed by atoms with Crippen molar-refractivity contribution in [2.75, 3.05) is 6.54 Å². The van der Waals surface area contributed by atoms with E-state index in [9.17, 15) is 9.90 Å². The summed E-state index contributed by atoms with van der Waals surface area (Å²) in [6.45, 7) is 3.24. The number of aromatic carboxylic acids is 1. The average molecular weight is 249 g/mol. The summed E-state index contributed by atoms with van der Waals surface area (Å²) < 4.78 is 0. The van der Waals surface area contributed by atoms with Crippen molar-refractivity contribution in [2.24, 2.45) is 0 Å². The number of carboxylic acids is 1. The quantitative estimate of drug-likeness (QED) is 0.806. The second kappa shape index (κ2) is 5.50. The van der Waals surface area contributed by atoms with E-state index in [2.05, 4.69) is 4.90 Å². The molecule has 4 nitrogen and oxygen atoms in total. The van der Waals surface area contributed by atoms with Crippen molar-refractivity contribution < 1.29 is 15.0 Å². The monoisotopic (exact) mass is 249 g/mol. The molecule has 1 aromatic rings. The first kappa shape index (κ1) is 13.1. The molecule has 4 heteroatoms. The Morgan fingerprint density at radius 2 is 2.00 bits per heavy atom. The third-order valence-electron chi connectivity index (χ3n) is 3.15. The van der Waals surface area contributed by atoms with Crippen molar-refractivity contribution >= 4 is 5.97 Å². The lowest BCUT2D eigenvalue weighted by atomic mass is 10.1. The van der Waals surface area contributed by atoms with Crippen molar-refractivity contribution in [3.63, 3.8) is 0 Å². The summed E-state index contributed by atoms with van der Waals surface area (Å²) in [7, 11) is 0. The lowest BCUT2D eigenvalue weighted by Crippen LogP contribution is -2.32. The van der Waals surface area contributed by atoms with Gasteiger partial charge in [0.25, 0.3) is 0 Å². The maximum Gasteiger partial charge on any atom is 0.335 e. The Balaban J connectivity index is 1.99. The first-order valence-corrected chi connectivity index (χ1v) is 6.30. The number of nitrogens with zero attached hydrogens (tertiary/aromatic N) is 1. The second-order valence-electron chi connectivity index (χ2n) is 5.01. The first-order chi connectivity index (χ1) is 8.56. The van der Waals surface area contributed by atoms with E-state index in [1.807, 2.05) is 12.1 Å². The molecule has 0 spiro atoms. The molecule has 1 aliphatic rings. The Morgan fingerprint density at radius 1 is 1.39 bits per heavy atom. The largest absolute Gasteiger partial charge is 0.478 e. The smallest absolute Gasteiger partial charge is 0.335 e. The Kier molecular flexibility index (Phi) is 3.99. The molecule has 0 radical (unpaired) electrons. The summed E-state index contributed by atoms with van der Waals surface area (Å²) in [6.07, 6.45) is 2.06. The van der Waals surface area contributed by atoms with Gasteiger partial charge in [0, 0.05) is 19.1 Å². The molecule has 0 heterocycles. The number of aliphatic hydroxyl groups is 1. The van der Waals surface area contributed by atoms with Crippen molar-refractivity contribution in [1.29, 1.82) is 0 Å². The zero-order chi connectivity index (χ0) is 13.1. The van der Waals surface area contributed by atoms with E-state index in [1.54, 1.807) is 19.1 Å². The molecule has 0 bridgehead atoms. The van der Waals surface area contributed by atoms with E-state index in [4.69, 9.17) is 5.11 Å². The van der Waals surface area contributed by atoms with Crippen LogP contribution >= 0.6 is 0 Å². The highest BCUT2D eigenvalue weighted by Gasteiger charge is 2.29. The third-order valence-corrected chi connectivity index (χ3v) is 3.15. The zero-order valence-electron chi connectivity index (χ0n) is 10.5. The van der Waals surface area contributed by atoms with Gasteiger partial charge in [-0.05, 0) is 37.5 Å². The summed E-state index contributed by atoms with van der Waals surface area (Å²) in [4.78, 5) is 13.0. The van der Waals surface area contributed by atoms with Gasteiger partial charge >= 0.3 is 5.97 Å². The fraction of sp³-hybridized carbons (Fsp3) is 0.500. The number of hydrogen-bond acceptors (Lipinski definition) is 3. The fourth-order valence-corrected chi connectivity index (χ4v) is 2.11. The van der Waals surface area contributed by atoms with Gasteiger partial charge in [0.15, 0.2) is 0 Å². The molecular weight excluding hydrogens is 230 g/mol. The normalized spacial score (nSPS) is 16.8. The van der Waals surface area contributed by atoms with Crippen LogP contribution in [-0.4, -0.2) is 39.8 Å². The van der Waals surface area contributed by atoms with Crippen LogP contribution in [0.15, 0.2) is 24.3 Å². The standard InChI is InChI=1S/C14H19NO3/c1-10(16)8-15(13-6-7-13)9-11-2-4-12(5-3-11)14(17)18/h2-5,10,13,16H,6-9H2,1H3,(H,17,18). The van der Waals surface area contributed by atoms with Gasteiger partial charge in [-0.15, -0.1) is 0 Å². The first-order valence-electron chi connectivity index (χ1n) is 6.30. The molecule has 98 valence electrons. The van der Waals surface area contributed by atoms with Crippen LogP contribution in [0.2, 0.25) is 0 Å². The Hall–Kier alpha value is -1.39. The van der Waals surface area contributed by atoms with Crippen LogP contribution in [0.25, 0.3) is 0 Å². The molecule has 1 atom stereocenters. The van der Waals surface area contributed by atoms with Crippen molar-refractivity contribution in [2.45, 2.75) is 38.5 Å². The second-order valence-corrected chi connectivity index (χ2v) is 5.01. The van der Waals surface area contributed by atoms with Gasteiger partial charge in [0.2, 0.25) is 0 Å². The number of carbonyl (C=O) groups is 1. The van der Waals surface area contributed by atoms with E-state index >= 15 is 0 Å². The molecule has 0 amide bonds. The summed E-state index contributed by atoms with van der Waals surface area (Å²) in [5.41, 5.74) is 1.40. The SMILES string of the molecule is CC(O)CN(Cc1ccc(C(=O)O)cc1)C1CC1. The molecule has 1 saturated carbocycles. The minimum Gasteiger partial charge on any atom is -0.478 e.